The summed E-state index contributed by atoms with van der Waals surface area (Å²) in [5.41, 5.74) is 0. The summed E-state index contributed by atoms with van der Waals surface area (Å²) in [6.07, 6.45) is 2.97. The molecule has 0 aromatic carbocycles. The second-order valence-electron chi connectivity index (χ2n) is 4.06. The summed E-state index contributed by atoms with van der Waals surface area (Å²) in [5, 5.41) is 9.31. The van der Waals surface area contributed by atoms with Gasteiger partial charge in [0.2, 0.25) is 5.12 Å². The van der Waals surface area contributed by atoms with Gasteiger partial charge >= 0.3 is 0 Å². The molecule has 90 valence electrons. The van der Waals surface area contributed by atoms with Gasteiger partial charge in [-0.3, -0.25) is 4.79 Å². The topological polar surface area (TPSA) is 37.3 Å². The van der Waals surface area contributed by atoms with E-state index in [9.17, 15) is 9.90 Å². The zero-order valence-electron chi connectivity index (χ0n) is 9.74. The largest absolute Gasteiger partial charge is 1.00 e. The highest BCUT2D eigenvalue weighted by Gasteiger charge is 2.18. The number of nitrogens with zero attached hydrogens (tertiary/aromatic N) is 1. The SMILES string of the molecule is CC=CC(=O)SC[N+](C)(C)CC(C)O.[Br-]. The van der Waals surface area contributed by atoms with Gasteiger partial charge in [-0.2, -0.15) is 0 Å². The normalized spacial score (nSPS) is 13.7. The first-order valence-electron chi connectivity index (χ1n) is 4.67. The van der Waals surface area contributed by atoms with Gasteiger partial charge in [0.1, 0.15) is 18.5 Å². The van der Waals surface area contributed by atoms with E-state index in [-0.39, 0.29) is 28.2 Å². The monoisotopic (exact) mass is 297 g/mol. The van der Waals surface area contributed by atoms with Crippen molar-refractivity contribution in [3.8, 4) is 0 Å². The average molecular weight is 298 g/mol. The third kappa shape index (κ3) is 10.4. The number of thioether (sulfide) groups is 1. The van der Waals surface area contributed by atoms with Crippen LogP contribution in [0.3, 0.4) is 0 Å². The number of hydrogen-bond acceptors (Lipinski definition) is 3. The molecule has 0 heterocycles. The van der Waals surface area contributed by atoms with Crippen LogP contribution in [0.2, 0.25) is 0 Å². The molecule has 0 saturated carbocycles. The van der Waals surface area contributed by atoms with Crippen LogP contribution in [-0.4, -0.2) is 47.3 Å². The number of aliphatic hydroxyl groups excluding tert-OH is 1. The Morgan fingerprint density at radius 2 is 2.07 bits per heavy atom. The number of hydrogen-bond donors (Lipinski definition) is 1. The fourth-order valence-electron chi connectivity index (χ4n) is 1.19. The molecule has 0 aliphatic heterocycles. The van der Waals surface area contributed by atoms with E-state index in [4.69, 9.17) is 0 Å². The molecule has 0 amide bonds. The minimum atomic E-state index is -0.331. The van der Waals surface area contributed by atoms with E-state index in [1.165, 1.54) is 11.8 Å². The van der Waals surface area contributed by atoms with Crippen LogP contribution in [0.25, 0.3) is 0 Å². The molecule has 1 unspecified atom stereocenters. The highest BCUT2D eigenvalue weighted by atomic mass is 79.9. The first-order valence-corrected chi connectivity index (χ1v) is 5.65. The molecule has 0 bridgehead atoms. The summed E-state index contributed by atoms with van der Waals surface area (Å²) in [6, 6.07) is 0. The first-order chi connectivity index (χ1) is 6.37. The number of allylic oxidation sites excluding steroid dienone is 1. The third-order valence-corrected chi connectivity index (χ3v) is 2.87. The van der Waals surface area contributed by atoms with Crippen molar-refractivity contribution < 1.29 is 31.4 Å². The Labute approximate surface area is 107 Å². The Kier molecular flexibility index (Phi) is 9.74. The van der Waals surface area contributed by atoms with E-state index in [2.05, 4.69) is 0 Å². The van der Waals surface area contributed by atoms with Crippen LogP contribution in [0.5, 0.6) is 0 Å². The Morgan fingerprint density at radius 3 is 2.47 bits per heavy atom. The molecule has 0 spiro atoms. The number of carbonyl (C=O) groups is 1. The lowest BCUT2D eigenvalue weighted by atomic mass is 10.3. The lowest BCUT2D eigenvalue weighted by Crippen LogP contribution is -3.00. The van der Waals surface area contributed by atoms with E-state index in [0.29, 0.717) is 16.9 Å². The van der Waals surface area contributed by atoms with Crippen LogP contribution in [-0.2, 0) is 4.79 Å². The first kappa shape index (κ1) is 17.6. The second kappa shape index (κ2) is 8.33. The summed E-state index contributed by atoms with van der Waals surface area (Å²) < 4.78 is 0.644. The highest BCUT2D eigenvalue weighted by molar-refractivity contribution is 8.13. The van der Waals surface area contributed by atoms with Gasteiger partial charge in [-0.1, -0.05) is 6.08 Å². The summed E-state index contributed by atoms with van der Waals surface area (Å²) in [7, 11) is 4.01. The molecular weight excluding hydrogens is 278 g/mol. The van der Waals surface area contributed by atoms with Crippen LogP contribution in [0.4, 0.5) is 0 Å². The van der Waals surface area contributed by atoms with Gasteiger partial charge in [-0.15, -0.1) is 0 Å². The maximum atomic E-state index is 11.2. The smallest absolute Gasteiger partial charge is 0.217 e. The van der Waals surface area contributed by atoms with E-state index >= 15 is 0 Å². The number of carbonyl (C=O) groups excluding carboxylic acids is 1. The molecular formula is C10H20BrNO2S. The molecule has 5 heteroatoms. The van der Waals surface area contributed by atoms with Gasteiger partial charge in [-0.05, 0) is 31.7 Å². The Bertz CT molecular complexity index is 217. The molecule has 3 nitrogen and oxygen atoms in total. The molecule has 0 radical (unpaired) electrons. The molecule has 0 aliphatic carbocycles. The van der Waals surface area contributed by atoms with Gasteiger partial charge in [0.25, 0.3) is 0 Å². The predicted molar refractivity (Wildman–Crippen MR) is 60.9 cm³/mol. The van der Waals surface area contributed by atoms with Gasteiger partial charge in [0.05, 0.1) is 14.1 Å². The lowest BCUT2D eigenvalue weighted by molar-refractivity contribution is -0.880. The number of halogens is 1. The van der Waals surface area contributed by atoms with Crippen molar-refractivity contribution in [2.24, 2.45) is 0 Å². The molecule has 0 fully saturated rings. The minimum Gasteiger partial charge on any atom is -1.00 e. The minimum absolute atomic E-state index is 0. The summed E-state index contributed by atoms with van der Waals surface area (Å²) in [4.78, 5) is 11.2. The van der Waals surface area contributed by atoms with Crippen molar-refractivity contribution in [2.45, 2.75) is 20.0 Å². The maximum absolute atomic E-state index is 11.2. The second-order valence-corrected chi connectivity index (χ2v) is 5.01. The van der Waals surface area contributed by atoms with E-state index < -0.39 is 0 Å². The molecule has 0 aromatic heterocycles. The molecule has 0 aromatic rings. The maximum Gasteiger partial charge on any atom is 0.217 e. The molecule has 0 aliphatic rings. The van der Waals surface area contributed by atoms with Crippen molar-refractivity contribution in [1.29, 1.82) is 0 Å². The van der Waals surface area contributed by atoms with Crippen molar-refractivity contribution in [1.82, 2.24) is 0 Å². The Balaban J connectivity index is 0. The van der Waals surface area contributed by atoms with Gasteiger partial charge in [0, 0.05) is 0 Å². The average Bonchev–Trinajstić information content (AvgIpc) is 1.99. The van der Waals surface area contributed by atoms with E-state index in [1.54, 1.807) is 19.1 Å². The summed E-state index contributed by atoms with van der Waals surface area (Å²) in [5.74, 6) is 0.689. The highest BCUT2D eigenvalue weighted by Crippen LogP contribution is 2.11. The van der Waals surface area contributed by atoms with Gasteiger partial charge in [-0.25, -0.2) is 0 Å². The van der Waals surface area contributed by atoms with Crippen molar-refractivity contribution in [2.75, 3.05) is 26.5 Å². The lowest BCUT2D eigenvalue weighted by Gasteiger charge is -2.29. The Hall–Kier alpha value is 0.160. The van der Waals surface area contributed by atoms with E-state index in [0.717, 1.165) is 0 Å². The van der Waals surface area contributed by atoms with Crippen LogP contribution in [0.1, 0.15) is 13.8 Å². The van der Waals surface area contributed by atoms with Crippen LogP contribution in [0, 0.1) is 0 Å². The standard InChI is InChI=1S/C10H20NO2S.BrH/c1-5-6-10(13)14-8-11(3,4)7-9(2)12;/h5-6,9,12H,7-8H2,1-4H3;1H/q+1;/p-1. The van der Waals surface area contributed by atoms with Crippen LogP contribution < -0.4 is 17.0 Å². The zero-order chi connectivity index (χ0) is 11.2. The molecule has 15 heavy (non-hydrogen) atoms. The summed E-state index contributed by atoms with van der Waals surface area (Å²) >= 11 is 1.29. The van der Waals surface area contributed by atoms with E-state index in [1.807, 2.05) is 21.0 Å². The zero-order valence-corrected chi connectivity index (χ0v) is 12.1. The third-order valence-electron chi connectivity index (χ3n) is 1.62. The van der Waals surface area contributed by atoms with Crippen LogP contribution in [0.15, 0.2) is 12.2 Å². The predicted octanol–water partition coefficient (Wildman–Crippen LogP) is -1.76. The molecule has 0 rings (SSSR count). The molecule has 1 atom stereocenters. The van der Waals surface area contributed by atoms with Crippen molar-refractivity contribution >= 4 is 16.9 Å². The fraction of sp³-hybridized carbons (Fsp3) is 0.700. The van der Waals surface area contributed by atoms with Gasteiger partial charge in [0.15, 0.2) is 0 Å². The molecule has 0 saturated heterocycles. The van der Waals surface area contributed by atoms with Crippen molar-refractivity contribution in [3.05, 3.63) is 12.2 Å². The van der Waals surface area contributed by atoms with Gasteiger partial charge < -0.3 is 26.6 Å². The number of likely N-dealkylation sites (N-methyl/N-ethyl adjacent to an activating group) is 1. The fourth-order valence-corrected chi connectivity index (χ4v) is 2.00. The molecule has 1 N–H and O–H groups in total. The summed E-state index contributed by atoms with van der Waals surface area (Å²) in [6.45, 7) is 4.25. The number of aliphatic hydroxyl groups is 1. The van der Waals surface area contributed by atoms with Crippen LogP contribution >= 0.6 is 11.8 Å². The number of quaternary nitrogens is 1. The number of rotatable bonds is 5. The van der Waals surface area contributed by atoms with Crippen molar-refractivity contribution in [3.63, 3.8) is 0 Å². The Morgan fingerprint density at radius 1 is 1.53 bits per heavy atom. The quantitative estimate of drug-likeness (QED) is 0.371.